The van der Waals surface area contributed by atoms with Crippen LogP contribution >= 0.6 is 0 Å². The van der Waals surface area contributed by atoms with E-state index in [4.69, 9.17) is 0 Å². The van der Waals surface area contributed by atoms with E-state index in [9.17, 15) is 9.90 Å². The molecule has 3 rings (SSSR count). The predicted octanol–water partition coefficient (Wildman–Crippen LogP) is 3.21. The number of hydrogen-bond donors (Lipinski definition) is 1. The van der Waals surface area contributed by atoms with Gasteiger partial charge in [0.1, 0.15) is 5.75 Å². The van der Waals surface area contributed by atoms with Gasteiger partial charge in [-0.05, 0) is 66.8 Å². The molecule has 0 atom stereocenters. The molecule has 0 unspecified atom stereocenters. The number of nitrogens with zero attached hydrogens (tertiary/aromatic N) is 1. The van der Waals surface area contributed by atoms with Gasteiger partial charge in [0, 0.05) is 18.7 Å². The minimum absolute atomic E-state index is 0.0621. The largest absolute Gasteiger partial charge is 0.508 e. The maximum absolute atomic E-state index is 12.6. The Balaban J connectivity index is 1.85. The van der Waals surface area contributed by atoms with E-state index in [0.717, 1.165) is 29.7 Å². The van der Waals surface area contributed by atoms with Crippen molar-refractivity contribution in [1.29, 1.82) is 0 Å². The van der Waals surface area contributed by atoms with Crippen molar-refractivity contribution in [2.75, 3.05) is 6.54 Å². The number of carbonyl (C=O) groups is 1. The summed E-state index contributed by atoms with van der Waals surface area (Å²) in [5.74, 6) is 0.321. The van der Waals surface area contributed by atoms with Crippen LogP contribution in [0.3, 0.4) is 0 Å². The van der Waals surface area contributed by atoms with Crippen molar-refractivity contribution in [2.45, 2.75) is 26.8 Å². The van der Waals surface area contributed by atoms with E-state index in [1.54, 1.807) is 12.1 Å². The van der Waals surface area contributed by atoms with Crippen molar-refractivity contribution in [1.82, 2.24) is 4.90 Å². The third-order valence-electron chi connectivity index (χ3n) is 4.24. The second-order valence-electron chi connectivity index (χ2n) is 5.73. The van der Waals surface area contributed by atoms with E-state index in [1.807, 2.05) is 43.0 Å². The van der Waals surface area contributed by atoms with Gasteiger partial charge < -0.3 is 10.0 Å². The van der Waals surface area contributed by atoms with Crippen LogP contribution in [0.4, 0.5) is 0 Å². The van der Waals surface area contributed by atoms with Gasteiger partial charge in [0.25, 0.3) is 5.91 Å². The molecule has 0 bridgehead atoms. The summed E-state index contributed by atoms with van der Waals surface area (Å²) in [6.45, 7) is 5.36. The number of phenols is 1. The maximum atomic E-state index is 12.6. The minimum Gasteiger partial charge on any atom is -0.508 e. The number of rotatable bonds is 1. The molecule has 1 heterocycles. The summed E-state index contributed by atoms with van der Waals surface area (Å²) in [6.07, 6.45) is 0.839. The monoisotopic (exact) mass is 281 g/mol. The smallest absolute Gasteiger partial charge is 0.254 e. The van der Waals surface area contributed by atoms with Gasteiger partial charge in [-0.1, -0.05) is 12.1 Å². The van der Waals surface area contributed by atoms with Crippen molar-refractivity contribution in [3.63, 3.8) is 0 Å². The Hall–Kier alpha value is -2.29. The minimum atomic E-state index is 0.0621. The van der Waals surface area contributed by atoms with Crippen molar-refractivity contribution in [2.24, 2.45) is 0 Å². The lowest BCUT2D eigenvalue weighted by molar-refractivity contribution is 0.0734. The Bertz CT molecular complexity index is 706. The second kappa shape index (κ2) is 5.24. The van der Waals surface area contributed by atoms with Crippen molar-refractivity contribution in [3.8, 4) is 5.75 Å². The number of hydrogen-bond acceptors (Lipinski definition) is 2. The molecule has 0 saturated heterocycles. The number of aromatic hydroxyl groups is 1. The van der Waals surface area contributed by atoms with E-state index in [-0.39, 0.29) is 11.7 Å². The lowest BCUT2D eigenvalue weighted by Crippen LogP contribution is -2.35. The fourth-order valence-electron chi connectivity index (χ4n) is 2.77. The van der Waals surface area contributed by atoms with E-state index < -0.39 is 0 Å². The third-order valence-corrected chi connectivity index (χ3v) is 4.24. The Kier molecular flexibility index (Phi) is 3.42. The first kappa shape index (κ1) is 13.7. The Morgan fingerprint density at radius 3 is 2.62 bits per heavy atom. The number of carbonyl (C=O) groups excluding carboxylic acids is 1. The zero-order valence-electron chi connectivity index (χ0n) is 12.4. The van der Waals surface area contributed by atoms with Crippen LogP contribution in [0.25, 0.3) is 0 Å². The molecule has 0 radical (unpaired) electrons. The van der Waals surface area contributed by atoms with Gasteiger partial charge in [0.15, 0.2) is 0 Å². The van der Waals surface area contributed by atoms with Gasteiger partial charge in [-0.15, -0.1) is 0 Å². The Labute approximate surface area is 124 Å². The molecule has 3 nitrogen and oxygen atoms in total. The lowest BCUT2D eigenvalue weighted by atomic mass is 9.98. The molecule has 2 aromatic rings. The van der Waals surface area contributed by atoms with Crippen LogP contribution < -0.4 is 0 Å². The van der Waals surface area contributed by atoms with Crippen LogP contribution in [-0.4, -0.2) is 22.5 Å². The Morgan fingerprint density at radius 1 is 1.05 bits per heavy atom. The predicted molar refractivity (Wildman–Crippen MR) is 82.5 cm³/mol. The SMILES string of the molecule is Cc1ccc(C(=O)N2CCc3ccc(O)cc3C2)cc1C. The first-order chi connectivity index (χ1) is 10.0. The molecule has 1 N–H and O–H groups in total. The summed E-state index contributed by atoms with van der Waals surface area (Å²) < 4.78 is 0. The molecule has 0 spiro atoms. The molecule has 3 heteroatoms. The number of phenolic OH excluding ortho intramolecular Hbond substituents is 1. The van der Waals surface area contributed by atoms with Crippen LogP contribution in [0.1, 0.15) is 32.6 Å². The van der Waals surface area contributed by atoms with E-state index in [1.165, 1.54) is 11.1 Å². The zero-order valence-corrected chi connectivity index (χ0v) is 12.4. The zero-order chi connectivity index (χ0) is 15.0. The maximum Gasteiger partial charge on any atom is 0.254 e. The van der Waals surface area contributed by atoms with E-state index >= 15 is 0 Å². The lowest BCUT2D eigenvalue weighted by Gasteiger charge is -2.29. The fraction of sp³-hybridized carbons (Fsp3) is 0.278. The highest BCUT2D eigenvalue weighted by molar-refractivity contribution is 5.94. The number of benzene rings is 2. The average molecular weight is 281 g/mol. The summed E-state index contributed by atoms with van der Waals surface area (Å²) in [5.41, 5.74) is 5.33. The van der Waals surface area contributed by atoms with Crippen LogP contribution in [0.2, 0.25) is 0 Å². The number of amides is 1. The third kappa shape index (κ3) is 2.64. The molecule has 108 valence electrons. The molecule has 0 fully saturated rings. The van der Waals surface area contributed by atoms with E-state index in [2.05, 4.69) is 0 Å². The topological polar surface area (TPSA) is 40.5 Å². The number of fused-ring (bicyclic) bond motifs is 1. The van der Waals surface area contributed by atoms with Crippen molar-refractivity contribution >= 4 is 5.91 Å². The molecule has 0 aromatic heterocycles. The van der Waals surface area contributed by atoms with Crippen LogP contribution in [0, 0.1) is 13.8 Å². The second-order valence-corrected chi connectivity index (χ2v) is 5.73. The van der Waals surface area contributed by atoms with Crippen molar-refractivity contribution in [3.05, 3.63) is 64.2 Å². The average Bonchev–Trinajstić information content (AvgIpc) is 2.48. The quantitative estimate of drug-likeness (QED) is 0.872. The highest BCUT2D eigenvalue weighted by atomic mass is 16.3. The highest BCUT2D eigenvalue weighted by Gasteiger charge is 2.22. The first-order valence-electron chi connectivity index (χ1n) is 7.22. The summed E-state index contributed by atoms with van der Waals surface area (Å²) in [7, 11) is 0. The number of aryl methyl sites for hydroxylation is 2. The summed E-state index contributed by atoms with van der Waals surface area (Å²) >= 11 is 0. The van der Waals surface area contributed by atoms with Crippen molar-refractivity contribution < 1.29 is 9.90 Å². The van der Waals surface area contributed by atoms with E-state index in [0.29, 0.717) is 6.54 Å². The van der Waals surface area contributed by atoms with Gasteiger partial charge in [0.2, 0.25) is 0 Å². The molecular weight excluding hydrogens is 262 g/mol. The molecular formula is C18H19NO2. The van der Waals surface area contributed by atoms with Gasteiger partial charge in [0.05, 0.1) is 0 Å². The summed E-state index contributed by atoms with van der Waals surface area (Å²) in [6, 6.07) is 11.3. The summed E-state index contributed by atoms with van der Waals surface area (Å²) in [4.78, 5) is 14.5. The molecule has 0 aliphatic carbocycles. The standard InChI is InChI=1S/C18H19NO2/c1-12-3-4-15(9-13(12)2)18(21)19-8-7-14-5-6-17(20)10-16(14)11-19/h3-6,9-10,20H,7-8,11H2,1-2H3. The van der Waals surface area contributed by atoms with Gasteiger partial charge in [-0.2, -0.15) is 0 Å². The first-order valence-corrected chi connectivity index (χ1v) is 7.22. The van der Waals surface area contributed by atoms with Gasteiger partial charge in [-0.3, -0.25) is 4.79 Å². The molecule has 1 amide bonds. The van der Waals surface area contributed by atoms with Gasteiger partial charge in [-0.25, -0.2) is 0 Å². The fourth-order valence-corrected chi connectivity index (χ4v) is 2.77. The van der Waals surface area contributed by atoms with Crippen LogP contribution in [-0.2, 0) is 13.0 Å². The molecule has 2 aromatic carbocycles. The summed E-state index contributed by atoms with van der Waals surface area (Å²) in [5, 5.41) is 9.59. The van der Waals surface area contributed by atoms with Crippen LogP contribution in [0.15, 0.2) is 36.4 Å². The molecule has 0 saturated carbocycles. The molecule has 21 heavy (non-hydrogen) atoms. The highest BCUT2D eigenvalue weighted by Crippen LogP contribution is 2.24. The Morgan fingerprint density at radius 2 is 1.86 bits per heavy atom. The molecule has 1 aliphatic rings. The van der Waals surface area contributed by atoms with Crippen LogP contribution in [0.5, 0.6) is 5.75 Å². The van der Waals surface area contributed by atoms with Gasteiger partial charge >= 0.3 is 0 Å². The molecule has 1 aliphatic heterocycles. The normalized spacial score (nSPS) is 13.9.